The molecule has 1 amide bonds. The minimum atomic E-state index is 0.192. The molecule has 1 rings (SSSR count). The third-order valence-electron chi connectivity index (χ3n) is 5.45. The Morgan fingerprint density at radius 1 is 0.778 bits per heavy atom. The number of allylic oxidation sites excluding steroid dienone is 2. The van der Waals surface area contributed by atoms with Crippen LogP contribution in [0.1, 0.15) is 96.8 Å². The smallest absolute Gasteiger partial charge is 0.234 e. The van der Waals surface area contributed by atoms with Gasteiger partial charge < -0.3 is 4.90 Å². The molecule has 27 heavy (non-hydrogen) atoms. The summed E-state index contributed by atoms with van der Waals surface area (Å²) >= 11 is 0. The van der Waals surface area contributed by atoms with Crippen LogP contribution in [0.3, 0.4) is 0 Å². The maximum atomic E-state index is 12.0. The zero-order chi connectivity index (χ0) is 19.6. The largest absolute Gasteiger partial charge is 0.304 e. The molecule has 4 heteroatoms. The van der Waals surface area contributed by atoms with Crippen molar-refractivity contribution in [1.29, 1.82) is 0 Å². The summed E-state index contributed by atoms with van der Waals surface area (Å²) in [4.78, 5) is 14.2. The second-order valence-corrected chi connectivity index (χ2v) is 8.16. The molecule has 0 bridgehead atoms. The lowest BCUT2D eigenvalue weighted by Gasteiger charge is -2.32. The van der Waals surface area contributed by atoms with Gasteiger partial charge in [0.05, 0.1) is 0 Å². The number of amides is 1. The summed E-state index contributed by atoms with van der Waals surface area (Å²) in [7, 11) is 2.13. The molecule has 0 aliphatic carbocycles. The lowest BCUT2D eigenvalue weighted by Crippen LogP contribution is -2.52. The Kier molecular flexibility index (Phi) is 15.4. The molecule has 1 N–H and O–H groups in total. The number of nitrogens with one attached hydrogen (secondary N) is 1. The predicted octanol–water partition coefficient (Wildman–Crippen LogP) is 5.30. The van der Waals surface area contributed by atoms with E-state index >= 15 is 0 Å². The standard InChI is InChI=1S/C23H45N3O/c1-3-4-5-6-7-8-9-10-11-12-13-14-15-16-17-18-23(27)24-26-21-19-25(2)20-22-26/h10-11H,3-9,12-22H2,1-2H3,(H,24,27)/b11-10-. The Morgan fingerprint density at radius 3 is 1.89 bits per heavy atom. The highest BCUT2D eigenvalue weighted by molar-refractivity contribution is 5.75. The van der Waals surface area contributed by atoms with E-state index in [1.165, 1.54) is 77.0 Å². The van der Waals surface area contributed by atoms with Gasteiger partial charge in [0.15, 0.2) is 0 Å². The van der Waals surface area contributed by atoms with Crippen molar-refractivity contribution >= 4 is 5.91 Å². The molecule has 1 heterocycles. The molecule has 0 aromatic rings. The number of carbonyl (C=O) groups is 1. The van der Waals surface area contributed by atoms with Crippen molar-refractivity contribution in [2.75, 3.05) is 33.2 Å². The minimum Gasteiger partial charge on any atom is -0.304 e. The van der Waals surface area contributed by atoms with Gasteiger partial charge in [-0.05, 0) is 39.2 Å². The fourth-order valence-corrected chi connectivity index (χ4v) is 3.51. The first-order valence-electron chi connectivity index (χ1n) is 11.6. The highest BCUT2D eigenvalue weighted by atomic mass is 16.2. The van der Waals surface area contributed by atoms with Crippen LogP contribution < -0.4 is 5.43 Å². The number of carbonyl (C=O) groups excluding carboxylic acids is 1. The molecule has 0 aromatic carbocycles. The van der Waals surface area contributed by atoms with Crippen LogP contribution in [0.2, 0.25) is 0 Å². The number of hydrazine groups is 1. The topological polar surface area (TPSA) is 35.6 Å². The molecule has 0 spiro atoms. The van der Waals surface area contributed by atoms with Gasteiger partial charge >= 0.3 is 0 Å². The zero-order valence-electron chi connectivity index (χ0n) is 18.2. The number of likely N-dealkylation sites (N-methyl/N-ethyl adjacent to an activating group) is 1. The molecule has 0 saturated carbocycles. The van der Waals surface area contributed by atoms with Crippen LogP contribution in [0.5, 0.6) is 0 Å². The Balaban J connectivity index is 1.80. The second-order valence-electron chi connectivity index (χ2n) is 8.16. The third-order valence-corrected chi connectivity index (χ3v) is 5.45. The van der Waals surface area contributed by atoms with Crippen LogP contribution in [0.15, 0.2) is 12.2 Å². The van der Waals surface area contributed by atoms with E-state index in [4.69, 9.17) is 0 Å². The quantitative estimate of drug-likeness (QED) is 0.292. The molecular weight excluding hydrogens is 334 g/mol. The van der Waals surface area contributed by atoms with Gasteiger partial charge in [-0.1, -0.05) is 70.4 Å². The summed E-state index contributed by atoms with van der Waals surface area (Å²) in [5.74, 6) is 0.192. The van der Waals surface area contributed by atoms with E-state index < -0.39 is 0 Å². The molecule has 0 unspecified atom stereocenters. The summed E-state index contributed by atoms with van der Waals surface area (Å²) in [6.07, 6.45) is 22.3. The zero-order valence-corrected chi connectivity index (χ0v) is 18.2. The van der Waals surface area contributed by atoms with Crippen molar-refractivity contribution in [3.63, 3.8) is 0 Å². The number of unbranched alkanes of at least 4 members (excludes halogenated alkanes) is 11. The van der Waals surface area contributed by atoms with Gasteiger partial charge in [-0.25, -0.2) is 5.01 Å². The second kappa shape index (κ2) is 17.2. The van der Waals surface area contributed by atoms with Gasteiger partial charge in [0.25, 0.3) is 0 Å². The molecule has 0 atom stereocenters. The first-order valence-corrected chi connectivity index (χ1v) is 11.6. The molecule has 0 aromatic heterocycles. The average Bonchev–Trinajstić information content (AvgIpc) is 2.66. The van der Waals surface area contributed by atoms with Gasteiger partial charge in [-0.2, -0.15) is 0 Å². The molecule has 1 aliphatic heterocycles. The van der Waals surface area contributed by atoms with E-state index in [0.29, 0.717) is 6.42 Å². The Morgan fingerprint density at radius 2 is 1.30 bits per heavy atom. The van der Waals surface area contributed by atoms with Gasteiger partial charge in [-0.3, -0.25) is 10.2 Å². The fraction of sp³-hybridized carbons (Fsp3) is 0.870. The van der Waals surface area contributed by atoms with Crippen molar-refractivity contribution in [3.05, 3.63) is 12.2 Å². The molecule has 1 aliphatic rings. The van der Waals surface area contributed by atoms with Crippen molar-refractivity contribution in [1.82, 2.24) is 15.3 Å². The van der Waals surface area contributed by atoms with Crippen LogP contribution in [-0.4, -0.2) is 49.0 Å². The number of hydrogen-bond acceptors (Lipinski definition) is 3. The number of rotatable bonds is 16. The van der Waals surface area contributed by atoms with E-state index in [-0.39, 0.29) is 5.91 Å². The van der Waals surface area contributed by atoms with E-state index in [2.05, 4.69) is 41.5 Å². The minimum absolute atomic E-state index is 0.192. The Bertz CT molecular complexity index is 376. The SMILES string of the molecule is CCCCCCCC/C=C\CCCCCCCC(=O)NN1CCN(C)CC1. The Hall–Kier alpha value is -0.870. The van der Waals surface area contributed by atoms with E-state index in [9.17, 15) is 4.79 Å². The third kappa shape index (κ3) is 14.8. The molecule has 4 nitrogen and oxygen atoms in total. The van der Waals surface area contributed by atoms with E-state index in [1.807, 2.05) is 0 Å². The van der Waals surface area contributed by atoms with Gasteiger partial charge in [0.2, 0.25) is 5.91 Å². The first kappa shape index (κ1) is 24.2. The molecule has 1 saturated heterocycles. The summed E-state index contributed by atoms with van der Waals surface area (Å²) in [5.41, 5.74) is 3.05. The highest BCUT2D eigenvalue weighted by Gasteiger charge is 2.15. The summed E-state index contributed by atoms with van der Waals surface area (Å²) in [5, 5.41) is 2.07. The van der Waals surface area contributed by atoms with Crippen molar-refractivity contribution in [2.24, 2.45) is 0 Å². The van der Waals surface area contributed by atoms with Crippen LogP contribution >= 0.6 is 0 Å². The summed E-state index contributed by atoms with van der Waals surface area (Å²) in [6, 6.07) is 0. The lowest BCUT2D eigenvalue weighted by molar-refractivity contribution is -0.126. The maximum Gasteiger partial charge on any atom is 0.234 e. The maximum absolute atomic E-state index is 12.0. The van der Waals surface area contributed by atoms with Crippen LogP contribution in [0.4, 0.5) is 0 Å². The fourth-order valence-electron chi connectivity index (χ4n) is 3.51. The Labute approximate surface area is 168 Å². The van der Waals surface area contributed by atoms with Crippen molar-refractivity contribution in [2.45, 2.75) is 96.8 Å². The normalized spacial score (nSPS) is 16.2. The van der Waals surface area contributed by atoms with Crippen LogP contribution in [-0.2, 0) is 4.79 Å². The highest BCUT2D eigenvalue weighted by Crippen LogP contribution is 2.10. The van der Waals surface area contributed by atoms with Crippen LogP contribution in [0.25, 0.3) is 0 Å². The van der Waals surface area contributed by atoms with Crippen LogP contribution in [0, 0.1) is 0 Å². The van der Waals surface area contributed by atoms with Crippen molar-refractivity contribution in [3.8, 4) is 0 Å². The van der Waals surface area contributed by atoms with E-state index in [1.54, 1.807) is 0 Å². The molecule has 0 radical (unpaired) electrons. The number of nitrogens with zero attached hydrogens (tertiary/aromatic N) is 2. The first-order chi connectivity index (χ1) is 13.2. The lowest BCUT2D eigenvalue weighted by atomic mass is 10.1. The summed E-state index contributed by atoms with van der Waals surface area (Å²) < 4.78 is 0. The van der Waals surface area contributed by atoms with Gasteiger partial charge in [0, 0.05) is 32.6 Å². The molecule has 1 fully saturated rings. The van der Waals surface area contributed by atoms with Crippen molar-refractivity contribution < 1.29 is 4.79 Å². The molecular formula is C23H45N3O. The monoisotopic (exact) mass is 379 g/mol. The molecule has 158 valence electrons. The average molecular weight is 380 g/mol. The van der Waals surface area contributed by atoms with E-state index in [0.717, 1.165) is 32.6 Å². The predicted molar refractivity (Wildman–Crippen MR) is 117 cm³/mol. The summed E-state index contributed by atoms with van der Waals surface area (Å²) in [6.45, 7) is 6.22. The van der Waals surface area contributed by atoms with Gasteiger partial charge in [-0.15, -0.1) is 0 Å². The van der Waals surface area contributed by atoms with Gasteiger partial charge in [0.1, 0.15) is 0 Å². The number of hydrogen-bond donors (Lipinski definition) is 1. The number of piperazine rings is 1.